The molecule has 1 unspecified atom stereocenters. The number of carbonyl (C=O) groups is 3. The van der Waals surface area contributed by atoms with Crippen LogP contribution in [0.25, 0.3) is 0 Å². The quantitative estimate of drug-likeness (QED) is 0.840. The number of halogens is 1. The van der Waals surface area contributed by atoms with Crippen LogP contribution in [0.2, 0.25) is 5.02 Å². The highest BCUT2D eigenvalue weighted by atomic mass is 35.5. The normalized spacial score (nSPS) is 21.1. The second-order valence-electron chi connectivity index (χ2n) is 8.63. The van der Waals surface area contributed by atoms with E-state index in [0.717, 1.165) is 0 Å². The number of nitrogens with zero attached hydrogens (tertiary/aromatic N) is 2. The molecule has 28 heavy (non-hydrogen) atoms. The molecule has 2 aliphatic rings. The van der Waals surface area contributed by atoms with Crippen LogP contribution in [0.5, 0.6) is 0 Å². The van der Waals surface area contributed by atoms with Crippen LogP contribution in [0, 0.1) is 5.92 Å². The van der Waals surface area contributed by atoms with Gasteiger partial charge in [0.1, 0.15) is 0 Å². The average molecular weight is 406 g/mol. The van der Waals surface area contributed by atoms with Crippen LogP contribution in [-0.4, -0.2) is 58.7 Å². The number of hydrogen-bond donors (Lipinski definition) is 1. The second kappa shape index (κ2) is 8.11. The minimum Gasteiger partial charge on any atom is -0.353 e. The van der Waals surface area contributed by atoms with E-state index in [4.69, 9.17) is 11.6 Å². The molecule has 0 radical (unpaired) electrons. The first-order valence-electron chi connectivity index (χ1n) is 9.81. The van der Waals surface area contributed by atoms with Gasteiger partial charge in [-0.2, -0.15) is 0 Å². The Morgan fingerprint density at radius 1 is 1.14 bits per heavy atom. The number of nitrogens with one attached hydrogen (secondary N) is 1. The van der Waals surface area contributed by atoms with Crippen LogP contribution < -0.4 is 5.32 Å². The van der Waals surface area contributed by atoms with Crippen molar-refractivity contribution in [2.24, 2.45) is 5.92 Å². The van der Waals surface area contributed by atoms with E-state index in [1.807, 2.05) is 20.8 Å². The van der Waals surface area contributed by atoms with Gasteiger partial charge in [0.15, 0.2) is 0 Å². The van der Waals surface area contributed by atoms with Crippen molar-refractivity contribution in [1.29, 1.82) is 0 Å². The first kappa shape index (κ1) is 20.6. The van der Waals surface area contributed by atoms with Gasteiger partial charge in [-0.15, -0.1) is 0 Å². The zero-order valence-corrected chi connectivity index (χ0v) is 17.5. The molecule has 7 heteroatoms. The molecule has 2 fully saturated rings. The fraction of sp³-hybridized carbons (Fsp3) is 0.571. The van der Waals surface area contributed by atoms with Gasteiger partial charge in [-0.25, -0.2) is 0 Å². The lowest BCUT2D eigenvalue weighted by atomic mass is 10.0. The summed E-state index contributed by atoms with van der Waals surface area (Å²) in [6.07, 6.45) is 1.67. The topological polar surface area (TPSA) is 69.7 Å². The number of carbonyl (C=O) groups excluding carboxylic acids is 3. The summed E-state index contributed by atoms with van der Waals surface area (Å²) in [5, 5.41) is 3.54. The maximum absolute atomic E-state index is 12.6. The lowest BCUT2D eigenvalue weighted by Crippen LogP contribution is -2.48. The van der Waals surface area contributed by atoms with Crippen LogP contribution in [0.4, 0.5) is 0 Å². The summed E-state index contributed by atoms with van der Waals surface area (Å²) in [6.45, 7) is 7.57. The fourth-order valence-corrected chi connectivity index (χ4v) is 4.10. The minimum absolute atomic E-state index is 0.0292. The standard InChI is InChI=1S/C21H28ClN3O3/c1-21(2,3)25-13-14(12-18(25)26)19(27)23-15-8-10-24(11-9-15)20(28)16-6-4-5-7-17(16)22/h4-7,14-15H,8-13H2,1-3H3,(H,23,27). The van der Waals surface area contributed by atoms with Crippen LogP contribution >= 0.6 is 11.6 Å². The maximum atomic E-state index is 12.6. The van der Waals surface area contributed by atoms with Crippen molar-refractivity contribution >= 4 is 29.3 Å². The monoisotopic (exact) mass is 405 g/mol. The van der Waals surface area contributed by atoms with E-state index < -0.39 is 0 Å². The van der Waals surface area contributed by atoms with E-state index in [0.29, 0.717) is 43.1 Å². The Bertz CT molecular complexity index is 766. The van der Waals surface area contributed by atoms with Gasteiger partial charge in [0, 0.05) is 37.6 Å². The van der Waals surface area contributed by atoms with Gasteiger partial charge in [0.05, 0.1) is 16.5 Å². The number of rotatable bonds is 3. The highest BCUT2D eigenvalue weighted by molar-refractivity contribution is 6.33. The van der Waals surface area contributed by atoms with Crippen LogP contribution in [0.15, 0.2) is 24.3 Å². The number of likely N-dealkylation sites (tertiary alicyclic amines) is 2. The molecular weight excluding hydrogens is 378 g/mol. The first-order chi connectivity index (χ1) is 13.2. The minimum atomic E-state index is -0.297. The van der Waals surface area contributed by atoms with Gasteiger partial charge in [0.2, 0.25) is 11.8 Å². The Labute approximate surface area is 171 Å². The summed E-state index contributed by atoms with van der Waals surface area (Å²) in [4.78, 5) is 41.0. The lowest BCUT2D eigenvalue weighted by Gasteiger charge is -2.33. The molecule has 1 atom stereocenters. The van der Waals surface area contributed by atoms with E-state index in [-0.39, 0.29) is 41.6 Å². The second-order valence-corrected chi connectivity index (χ2v) is 9.04. The van der Waals surface area contributed by atoms with Gasteiger partial charge in [-0.1, -0.05) is 23.7 Å². The van der Waals surface area contributed by atoms with E-state index in [1.54, 1.807) is 34.1 Å². The Hall–Kier alpha value is -2.08. The van der Waals surface area contributed by atoms with E-state index in [2.05, 4.69) is 5.32 Å². The van der Waals surface area contributed by atoms with Crippen molar-refractivity contribution in [3.05, 3.63) is 34.9 Å². The zero-order valence-electron chi connectivity index (χ0n) is 16.7. The van der Waals surface area contributed by atoms with Gasteiger partial charge in [-0.05, 0) is 45.7 Å². The molecule has 3 rings (SSSR count). The molecule has 2 aliphatic heterocycles. The summed E-state index contributed by atoms with van der Waals surface area (Å²) < 4.78 is 0. The number of amides is 3. The van der Waals surface area contributed by atoms with Gasteiger partial charge in [-0.3, -0.25) is 14.4 Å². The average Bonchev–Trinajstić information content (AvgIpc) is 3.04. The van der Waals surface area contributed by atoms with Crippen LogP contribution in [0.1, 0.15) is 50.4 Å². The largest absolute Gasteiger partial charge is 0.353 e. The molecule has 0 bridgehead atoms. The number of benzene rings is 1. The predicted molar refractivity (Wildman–Crippen MR) is 108 cm³/mol. The van der Waals surface area contributed by atoms with Crippen molar-refractivity contribution < 1.29 is 14.4 Å². The van der Waals surface area contributed by atoms with Crippen LogP contribution in [0.3, 0.4) is 0 Å². The third-order valence-electron chi connectivity index (χ3n) is 5.54. The summed E-state index contributed by atoms with van der Waals surface area (Å²) in [5.74, 6) is -0.393. The molecule has 6 nitrogen and oxygen atoms in total. The molecule has 152 valence electrons. The predicted octanol–water partition coefficient (Wildman–Crippen LogP) is 2.71. The SMILES string of the molecule is CC(C)(C)N1CC(C(=O)NC2CCN(C(=O)c3ccccc3Cl)CC2)CC1=O. The first-order valence-corrected chi connectivity index (χ1v) is 10.2. The van der Waals surface area contributed by atoms with Crippen molar-refractivity contribution in [1.82, 2.24) is 15.1 Å². The van der Waals surface area contributed by atoms with Crippen molar-refractivity contribution in [2.45, 2.75) is 51.6 Å². The Morgan fingerprint density at radius 2 is 1.79 bits per heavy atom. The third kappa shape index (κ3) is 4.49. The van der Waals surface area contributed by atoms with Gasteiger partial charge < -0.3 is 15.1 Å². The summed E-state index contributed by atoms with van der Waals surface area (Å²) in [7, 11) is 0. The lowest BCUT2D eigenvalue weighted by molar-refractivity contribution is -0.132. The van der Waals surface area contributed by atoms with Gasteiger partial charge >= 0.3 is 0 Å². The van der Waals surface area contributed by atoms with Crippen molar-refractivity contribution in [3.63, 3.8) is 0 Å². The molecule has 0 spiro atoms. The zero-order chi connectivity index (χ0) is 20.5. The van der Waals surface area contributed by atoms with E-state index >= 15 is 0 Å². The summed E-state index contributed by atoms with van der Waals surface area (Å²) in [5.41, 5.74) is 0.245. The van der Waals surface area contributed by atoms with E-state index in [1.165, 1.54) is 0 Å². The van der Waals surface area contributed by atoms with Crippen molar-refractivity contribution in [3.8, 4) is 0 Å². The van der Waals surface area contributed by atoms with Crippen molar-refractivity contribution in [2.75, 3.05) is 19.6 Å². The van der Waals surface area contributed by atoms with Crippen LogP contribution in [-0.2, 0) is 9.59 Å². The Kier molecular flexibility index (Phi) is 5.98. The molecule has 2 heterocycles. The molecule has 1 N–H and O–H groups in total. The smallest absolute Gasteiger partial charge is 0.255 e. The molecule has 0 saturated carbocycles. The Balaban J connectivity index is 1.51. The molecule has 0 aromatic heterocycles. The molecular formula is C21H28ClN3O3. The fourth-order valence-electron chi connectivity index (χ4n) is 3.88. The third-order valence-corrected chi connectivity index (χ3v) is 5.87. The molecule has 2 saturated heterocycles. The molecule has 1 aromatic carbocycles. The highest BCUT2D eigenvalue weighted by Crippen LogP contribution is 2.26. The molecule has 0 aliphatic carbocycles. The Morgan fingerprint density at radius 3 is 2.36 bits per heavy atom. The summed E-state index contributed by atoms with van der Waals surface area (Å²) in [6, 6.07) is 7.08. The molecule has 1 aromatic rings. The number of hydrogen-bond acceptors (Lipinski definition) is 3. The number of piperidine rings is 1. The molecule has 3 amide bonds. The van der Waals surface area contributed by atoms with E-state index in [9.17, 15) is 14.4 Å². The summed E-state index contributed by atoms with van der Waals surface area (Å²) >= 11 is 6.13. The highest BCUT2D eigenvalue weighted by Gasteiger charge is 2.40. The maximum Gasteiger partial charge on any atom is 0.255 e. The van der Waals surface area contributed by atoms with Gasteiger partial charge in [0.25, 0.3) is 5.91 Å².